The molecule has 0 aliphatic carbocycles. The lowest BCUT2D eigenvalue weighted by Crippen LogP contribution is -2.13. The van der Waals surface area contributed by atoms with Crippen LogP contribution in [0.15, 0.2) is 60.9 Å². The van der Waals surface area contributed by atoms with Crippen LogP contribution >= 0.6 is 0 Å². The number of nitrogens with zero attached hydrogens (tertiary/aromatic N) is 1. The van der Waals surface area contributed by atoms with E-state index in [1.165, 1.54) is 30.6 Å². The fourth-order valence-electron chi connectivity index (χ4n) is 2.24. The van der Waals surface area contributed by atoms with E-state index in [-0.39, 0.29) is 17.1 Å². The van der Waals surface area contributed by atoms with Crippen molar-refractivity contribution in [3.63, 3.8) is 0 Å². The molecule has 1 heterocycles. The van der Waals surface area contributed by atoms with Crippen LogP contribution in [0.3, 0.4) is 0 Å². The minimum Gasteiger partial charge on any atom is -0.380 e. The van der Waals surface area contributed by atoms with Crippen LogP contribution in [-0.2, 0) is 6.54 Å². The summed E-state index contributed by atoms with van der Waals surface area (Å²) in [4.78, 5) is 16.2. The van der Waals surface area contributed by atoms with Gasteiger partial charge in [0.25, 0.3) is 5.91 Å². The predicted octanol–water partition coefficient (Wildman–Crippen LogP) is 4.36. The van der Waals surface area contributed by atoms with E-state index >= 15 is 0 Å². The Balaban J connectivity index is 1.66. The lowest BCUT2D eigenvalue weighted by Gasteiger charge is -2.09. The van der Waals surface area contributed by atoms with Crippen LogP contribution in [0.4, 0.5) is 24.5 Å². The molecular formula is C19H14F3N3O. The second kappa shape index (κ2) is 7.69. The van der Waals surface area contributed by atoms with Crippen LogP contribution in [0.1, 0.15) is 15.9 Å². The number of anilines is 2. The molecule has 4 nitrogen and oxygen atoms in total. The zero-order chi connectivity index (χ0) is 18.5. The SMILES string of the molecule is O=C(Nc1ccc(F)c(F)c1)c1cncc(NCc2ccc(F)cc2)c1. The number of nitrogens with one attached hydrogen (secondary N) is 2. The zero-order valence-electron chi connectivity index (χ0n) is 13.5. The summed E-state index contributed by atoms with van der Waals surface area (Å²) in [7, 11) is 0. The van der Waals surface area contributed by atoms with Crippen molar-refractivity contribution in [3.8, 4) is 0 Å². The van der Waals surface area contributed by atoms with Gasteiger partial charge in [-0.3, -0.25) is 9.78 Å². The molecule has 0 aliphatic heterocycles. The van der Waals surface area contributed by atoms with Gasteiger partial charge in [-0.05, 0) is 35.9 Å². The fourth-order valence-corrected chi connectivity index (χ4v) is 2.24. The summed E-state index contributed by atoms with van der Waals surface area (Å²) in [5.41, 5.74) is 1.84. The Labute approximate surface area is 147 Å². The average molecular weight is 357 g/mol. The summed E-state index contributed by atoms with van der Waals surface area (Å²) in [6, 6.07) is 10.7. The Morgan fingerprint density at radius 3 is 2.38 bits per heavy atom. The molecule has 0 saturated carbocycles. The van der Waals surface area contributed by atoms with Gasteiger partial charge in [0.05, 0.1) is 11.3 Å². The van der Waals surface area contributed by atoms with Crippen LogP contribution in [-0.4, -0.2) is 10.9 Å². The maximum atomic E-state index is 13.2. The molecule has 26 heavy (non-hydrogen) atoms. The first-order valence-electron chi connectivity index (χ1n) is 7.71. The molecule has 0 aliphatic rings. The van der Waals surface area contributed by atoms with Crippen molar-refractivity contribution in [2.45, 2.75) is 6.54 Å². The Morgan fingerprint density at radius 2 is 1.65 bits per heavy atom. The van der Waals surface area contributed by atoms with Crippen LogP contribution in [0.25, 0.3) is 0 Å². The smallest absolute Gasteiger partial charge is 0.257 e. The Kier molecular flexibility index (Phi) is 5.17. The van der Waals surface area contributed by atoms with Crippen molar-refractivity contribution in [1.82, 2.24) is 4.98 Å². The van der Waals surface area contributed by atoms with E-state index in [0.29, 0.717) is 12.2 Å². The Morgan fingerprint density at radius 1 is 0.885 bits per heavy atom. The van der Waals surface area contributed by atoms with Crippen molar-refractivity contribution in [2.75, 3.05) is 10.6 Å². The van der Waals surface area contributed by atoms with Gasteiger partial charge in [0.1, 0.15) is 5.82 Å². The molecule has 132 valence electrons. The molecule has 1 amide bonds. The van der Waals surface area contributed by atoms with Crippen LogP contribution in [0, 0.1) is 17.5 Å². The molecule has 0 unspecified atom stereocenters. The summed E-state index contributed by atoms with van der Waals surface area (Å²) >= 11 is 0. The van der Waals surface area contributed by atoms with E-state index in [0.717, 1.165) is 17.7 Å². The summed E-state index contributed by atoms with van der Waals surface area (Å²) in [5.74, 6) is -2.85. The third-order valence-corrected chi connectivity index (χ3v) is 3.59. The Hall–Kier alpha value is -3.35. The van der Waals surface area contributed by atoms with Crippen molar-refractivity contribution in [2.24, 2.45) is 0 Å². The highest BCUT2D eigenvalue weighted by atomic mass is 19.2. The van der Waals surface area contributed by atoms with Gasteiger partial charge in [-0.25, -0.2) is 13.2 Å². The second-order valence-electron chi connectivity index (χ2n) is 5.53. The lowest BCUT2D eigenvalue weighted by molar-refractivity contribution is 0.102. The first kappa shape index (κ1) is 17.5. The molecule has 2 aromatic carbocycles. The lowest BCUT2D eigenvalue weighted by atomic mass is 10.2. The quantitative estimate of drug-likeness (QED) is 0.713. The average Bonchev–Trinajstić information content (AvgIpc) is 2.64. The van der Waals surface area contributed by atoms with Gasteiger partial charge in [-0.15, -0.1) is 0 Å². The number of aromatic nitrogens is 1. The van der Waals surface area contributed by atoms with E-state index in [1.807, 2.05) is 0 Å². The fraction of sp³-hybridized carbons (Fsp3) is 0.0526. The summed E-state index contributed by atoms with van der Waals surface area (Å²) < 4.78 is 39.0. The number of amides is 1. The van der Waals surface area contributed by atoms with Crippen molar-refractivity contribution in [3.05, 3.63) is 89.5 Å². The minimum atomic E-state index is -1.05. The number of benzene rings is 2. The van der Waals surface area contributed by atoms with Crippen molar-refractivity contribution >= 4 is 17.3 Å². The maximum Gasteiger partial charge on any atom is 0.257 e. The summed E-state index contributed by atoms with van der Waals surface area (Å²) in [6.07, 6.45) is 2.90. The molecule has 3 rings (SSSR count). The van der Waals surface area contributed by atoms with E-state index in [1.54, 1.807) is 18.2 Å². The van der Waals surface area contributed by atoms with E-state index in [9.17, 15) is 18.0 Å². The minimum absolute atomic E-state index is 0.138. The molecular weight excluding hydrogens is 343 g/mol. The van der Waals surface area contributed by atoms with Crippen molar-refractivity contribution < 1.29 is 18.0 Å². The third kappa shape index (κ3) is 4.38. The molecule has 0 radical (unpaired) electrons. The largest absolute Gasteiger partial charge is 0.380 e. The number of halogens is 3. The molecule has 0 fully saturated rings. The summed E-state index contributed by atoms with van der Waals surface area (Å²) in [5, 5.41) is 5.56. The molecule has 2 N–H and O–H groups in total. The molecule has 7 heteroatoms. The van der Waals surface area contributed by atoms with Crippen LogP contribution in [0.5, 0.6) is 0 Å². The van der Waals surface area contributed by atoms with Crippen LogP contribution < -0.4 is 10.6 Å². The van der Waals surface area contributed by atoms with Gasteiger partial charge >= 0.3 is 0 Å². The number of carbonyl (C=O) groups is 1. The predicted molar refractivity (Wildman–Crippen MR) is 92.3 cm³/mol. The first-order chi connectivity index (χ1) is 12.5. The van der Waals surface area contributed by atoms with Gasteiger partial charge < -0.3 is 10.6 Å². The van der Waals surface area contributed by atoms with E-state index in [2.05, 4.69) is 15.6 Å². The molecule has 0 bridgehead atoms. The first-order valence-corrected chi connectivity index (χ1v) is 7.71. The zero-order valence-corrected chi connectivity index (χ0v) is 13.5. The van der Waals surface area contributed by atoms with Crippen LogP contribution in [0.2, 0.25) is 0 Å². The molecule has 0 spiro atoms. The topological polar surface area (TPSA) is 54.0 Å². The van der Waals surface area contributed by atoms with Gasteiger partial charge in [-0.2, -0.15) is 0 Å². The van der Waals surface area contributed by atoms with Gasteiger partial charge in [0.2, 0.25) is 0 Å². The summed E-state index contributed by atoms with van der Waals surface area (Å²) in [6.45, 7) is 0.427. The van der Waals surface area contributed by atoms with Gasteiger partial charge in [-0.1, -0.05) is 12.1 Å². The second-order valence-corrected chi connectivity index (χ2v) is 5.53. The number of rotatable bonds is 5. The van der Waals surface area contributed by atoms with Gasteiger partial charge in [0.15, 0.2) is 11.6 Å². The monoisotopic (exact) mass is 357 g/mol. The highest BCUT2D eigenvalue weighted by Gasteiger charge is 2.10. The highest BCUT2D eigenvalue weighted by Crippen LogP contribution is 2.16. The molecule has 1 aromatic heterocycles. The number of hydrogen-bond donors (Lipinski definition) is 2. The molecule has 3 aromatic rings. The number of pyridine rings is 1. The Bertz CT molecular complexity index is 930. The highest BCUT2D eigenvalue weighted by molar-refractivity contribution is 6.04. The maximum absolute atomic E-state index is 13.2. The van der Waals surface area contributed by atoms with E-state index in [4.69, 9.17) is 0 Å². The normalized spacial score (nSPS) is 10.4. The molecule has 0 saturated heterocycles. The standard InChI is InChI=1S/C19H14F3N3O/c20-14-3-1-12(2-4-14)9-24-16-7-13(10-23-11-16)19(26)25-15-5-6-17(21)18(22)8-15/h1-8,10-11,24H,9H2,(H,25,26). The number of hydrogen-bond acceptors (Lipinski definition) is 3. The van der Waals surface area contributed by atoms with Crippen molar-refractivity contribution in [1.29, 1.82) is 0 Å². The van der Waals surface area contributed by atoms with Gasteiger partial charge in [0, 0.05) is 30.7 Å². The number of carbonyl (C=O) groups excluding carboxylic acids is 1. The molecule has 0 atom stereocenters. The third-order valence-electron chi connectivity index (χ3n) is 3.59. The van der Waals surface area contributed by atoms with E-state index < -0.39 is 17.5 Å².